The van der Waals surface area contributed by atoms with Crippen LogP contribution in [-0.2, 0) is 4.74 Å². The molecule has 0 bridgehead atoms. The lowest BCUT2D eigenvalue weighted by molar-refractivity contribution is 0.0273. The third kappa shape index (κ3) is 3.24. The van der Waals surface area contributed by atoms with Crippen molar-refractivity contribution in [1.82, 2.24) is 34.2 Å². The van der Waals surface area contributed by atoms with Gasteiger partial charge in [0.1, 0.15) is 11.1 Å². The number of ether oxygens (including phenoxy) is 1. The van der Waals surface area contributed by atoms with Gasteiger partial charge in [0.25, 0.3) is 11.5 Å². The summed E-state index contributed by atoms with van der Waals surface area (Å²) in [6.07, 6.45) is 2.82. The zero-order chi connectivity index (χ0) is 22.8. The molecule has 11 heteroatoms. The molecule has 32 heavy (non-hydrogen) atoms. The third-order valence-corrected chi connectivity index (χ3v) is 5.98. The summed E-state index contributed by atoms with van der Waals surface area (Å²) >= 11 is 0. The number of aromatic amines is 1. The third-order valence-electron chi connectivity index (χ3n) is 5.98. The predicted molar refractivity (Wildman–Crippen MR) is 114 cm³/mol. The van der Waals surface area contributed by atoms with Crippen molar-refractivity contribution < 1.29 is 14.3 Å². The Labute approximate surface area is 183 Å². The van der Waals surface area contributed by atoms with Gasteiger partial charge >= 0.3 is 6.09 Å². The Balaban J connectivity index is 1.34. The highest BCUT2D eigenvalue weighted by molar-refractivity contribution is 5.96. The van der Waals surface area contributed by atoms with Crippen LogP contribution < -0.4 is 5.56 Å². The largest absolute Gasteiger partial charge is 0.444 e. The molecule has 5 heterocycles. The Hall–Kier alpha value is -3.63. The van der Waals surface area contributed by atoms with Crippen LogP contribution in [0, 0.1) is 12.8 Å². The van der Waals surface area contributed by atoms with E-state index in [1.54, 1.807) is 35.1 Å². The van der Waals surface area contributed by atoms with Crippen molar-refractivity contribution in [2.45, 2.75) is 39.3 Å². The van der Waals surface area contributed by atoms with Gasteiger partial charge in [-0.3, -0.25) is 14.6 Å². The molecular weight excluding hydrogens is 414 g/mol. The number of amides is 2. The summed E-state index contributed by atoms with van der Waals surface area (Å²) in [5.74, 6) is 0.329. The average Bonchev–Trinajstić information content (AvgIpc) is 3.38. The van der Waals surface area contributed by atoms with E-state index in [0.29, 0.717) is 36.4 Å². The summed E-state index contributed by atoms with van der Waals surface area (Å²) in [5.41, 5.74) is 0.599. The molecule has 0 saturated carbocycles. The molecular formula is C21H25N7O4. The summed E-state index contributed by atoms with van der Waals surface area (Å²) in [6, 6.07) is 3.37. The first-order chi connectivity index (χ1) is 15.1. The van der Waals surface area contributed by atoms with Gasteiger partial charge < -0.3 is 14.5 Å². The molecule has 3 aromatic rings. The summed E-state index contributed by atoms with van der Waals surface area (Å²) in [5, 5.41) is 8.66. The molecule has 0 spiro atoms. The second-order valence-electron chi connectivity index (χ2n) is 9.34. The van der Waals surface area contributed by atoms with Gasteiger partial charge in [0, 0.05) is 31.7 Å². The van der Waals surface area contributed by atoms with E-state index in [1.807, 2.05) is 20.8 Å². The molecule has 2 aliphatic rings. The molecule has 168 valence electrons. The summed E-state index contributed by atoms with van der Waals surface area (Å²) in [6.45, 7) is 8.89. The molecule has 2 saturated heterocycles. The van der Waals surface area contributed by atoms with Crippen molar-refractivity contribution in [2.75, 3.05) is 19.6 Å². The van der Waals surface area contributed by atoms with Crippen molar-refractivity contribution in [1.29, 1.82) is 0 Å². The van der Waals surface area contributed by atoms with Crippen molar-refractivity contribution >= 4 is 17.5 Å². The topological polar surface area (TPSA) is 118 Å². The number of aromatic nitrogens is 5. The fraction of sp³-hybridized carbons (Fsp3) is 0.476. The molecule has 3 aromatic heterocycles. The molecule has 0 aromatic carbocycles. The first kappa shape index (κ1) is 20.3. The standard InChI is InChI=1S/C21H25N7O4/c1-12-14(8-22-28(12)19-23-17(29)15-6-5-7-27(15)24-19)18(30)26-10-13-9-25(11-16(13)26)20(31)32-21(2,3)4/h5-8,13,16H,9-11H2,1-4H3,(H,23,24,29)/t13-,16-/m1/s1. The lowest BCUT2D eigenvalue weighted by atomic mass is 9.91. The second kappa shape index (κ2) is 6.94. The number of carbonyl (C=O) groups is 2. The molecule has 2 atom stereocenters. The van der Waals surface area contributed by atoms with Gasteiger partial charge in [0.05, 0.1) is 23.5 Å². The van der Waals surface area contributed by atoms with Crippen LogP contribution in [0.2, 0.25) is 0 Å². The van der Waals surface area contributed by atoms with E-state index in [9.17, 15) is 14.4 Å². The van der Waals surface area contributed by atoms with Crippen molar-refractivity contribution in [3.63, 3.8) is 0 Å². The van der Waals surface area contributed by atoms with E-state index in [4.69, 9.17) is 4.74 Å². The highest BCUT2D eigenvalue weighted by Crippen LogP contribution is 2.34. The molecule has 11 nitrogen and oxygen atoms in total. The molecule has 5 rings (SSSR count). The van der Waals surface area contributed by atoms with Crippen molar-refractivity contribution in [3.8, 4) is 5.95 Å². The van der Waals surface area contributed by atoms with E-state index in [-0.39, 0.29) is 35.5 Å². The molecule has 0 radical (unpaired) electrons. The maximum atomic E-state index is 13.2. The van der Waals surface area contributed by atoms with E-state index in [1.165, 1.54) is 15.4 Å². The SMILES string of the molecule is Cc1c(C(=O)N2C[C@H]3CN(C(=O)OC(C)(C)C)C[C@H]32)cnn1-c1nn2cccc2c(=O)[nH]1. The van der Waals surface area contributed by atoms with Crippen LogP contribution in [0.1, 0.15) is 36.8 Å². The minimum atomic E-state index is -0.557. The summed E-state index contributed by atoms with van der Waals surface area (Å²) < 4.78 is 8.39. The lowest BCUT2D eigenvalue weighted by Gasteiger charge is -2.43. The Bertz CT molecular complexity index is 1280. The Morgan fingerprint density at radius 1 is 1.22 bits per heavy atom. The van der Waals surface area contributed by atoms with E-state index < -0.39 is 5.60 Å². The highest BCUT2D eigenvalue weighted by Gasteiger charge is 2.50. The number of likely N-dealkylation sites (tertiary alicyclic amines) is 2. The van der Waals surface area contributed by atoms with Gasteiger partial charge in [-0.2, -0.15) is 5.10 Å². The molecule has 2 amide bonds. The fourth-order valence-electron chi connectivity index (χ4n) is 4.36. The molecule has 0 unspecified atom stereocenters. The van der Waals surface area contributed by atoms with Crippen LogP contribution in [0.15, 0.2) is 29.3 Å². The Morgan fingerprint density at radius 2 is 2.00 bits per heavy atom. The second-order valence-corrected chi connectivity index (χ2v) is 9.34. The first-order valence-electron chi connectivity index (χ1n) is 10.5. The average molecular weight is 439 g/mol. The number of fused-ring (bicyclic) bond motifs is 2. The first-order valence-corrected chi connectivity index (χ1v) is 10.5. The van der Waals surface area contributed by atoms with Gasteiger partial charge in [-0.05, 0) is 39.8 Å². The molecule has 0 aliphatic carbocycles. The Morgan fingerprint density at radius 3 is 2.75 bits per heavy atom. The lowest BCUT2D eigenvalue weighted by Crippen LogP contribution is -2.58. The number of hydrogen-bond acceptors (Lipinski definition) is 6. The van der Waals surface area contributed by atoms with Crippen LogP contribution in [0.4, 0.5) is 4.79 Å². The predicted octanol–water partition coefficient (Wildman–Crippen LogP) is 1.21. The maximum Gasteiger partial charge on any atom is 0.410 e. The van der Waals surface area contributed by atoms with Gasteiger partial charge in [0.15, 0.2) is 0 Å². The van der Waals surface area contributed by atoms with Crippen LogP contribution in [0.5, 0.6) is 0 Å². The van der Waals surface area contributed by atoms with Crippen LogP contribution in [0.25, 0.3) is 11.5 Å². The normalized spacial score (nSPS) is 20.4. The minimum absolute atomic E-state index is 0.0353. The number of nitrogens with one attached hydrogen (secondary N) is 1. The smallest absolute Gasteiger partial charge is 0.410 e. The summed E-state index contributed by atoms with van der Waals surface area (Å²) in [4.78, 5) is 44.0. The zero-order valence-corrected chi connectivity index (χ0v) is 18.4. The van der Waals surface area contributed by atoms with Crippen molar-refractivity contribution in [2.24, 2.45) is 5.92 Å². The molecule has 2 fully saturated rings. The highest BCUT2D eigenvalue weighted by atomic mass is 16.6. The number of H-pyrrole nitrogens is 1. The Kier molecular flexibility index (Phi) is 4.40. The number of nitrogens with zero attached hydrogens (tertiary/aromatic N) is 6. The van der Waals surface area contributed by atoms with Crippen LogP contribution in [0.3, 0.4) is 0 Å². The van der Waals surface area contributed by atoms with Crippen molar-refractivity contribution in [3.05, 3.63) is 46.1 Å². The van der Waals surface area contributed by atoms with Gasteiger partial charge in [-0.25, -0.2) is 14.0 Å². The van der Waals surface area contributed by atoms with Crippen LogP contribution in [-0.4, -0.2) is 77.5 Å². The summed E-state index contributed by atoms with van der Waals surface area (Å²) in [7, 11) is 0. The molecule has 2 aliphatic heterocycles. The zero-order valence-electron chi connectivity index (χ0n) is 18.4. The van der Waals surface area contributed by atoms with Gasteiger partial charge in [0.2, 0.25) is 5.95 Å². The fourth-order valence-corrected chi connectivity index (χ4v) is 4.36. The number of rotatable bonds is 2. The monoisotopic (exact) mass is 439 g/mol. The maximum absolute atomic E-state index is 13.2. The van der Waals surface area contributed by atoms with E-state index >= 15 is 0 Å². The van der Waals surface area contributed by atoms with E-state index in [0.717, 1.165) is 0 Å². The number of carbonyl (C=O) groups excluding carboxylic acids is 2. The molecule has 1 N–H and O–H groups in total. The van der Waals surface area contributed by atoms with E-state index in [2.05, 4.69) is 15.2 Å². The van der Waals surface area contributed by atoms with Gasteiger partial charge in [-0.15, -0.1) is 5.10 Å². The van der Waals surface area contributed by atoms with Gasteiger partial charge in [-0.1, -0.05) is 0 Å². The number of hydrogen-bond donors (Lipinski definition) is 1. The quantitative estimate of drug-likeness (QED) is 0.641. The van der Waals surface area contributed by atoms with Crippen LogP contribution >= 0.6 is 0 Å². The minimum Gasteiger partial charge on any atom is -0.444 e.